The SMILES string of the molecule is NC(=O)CC[C@H](N)C(=O)c1nccs1. The first-order valence-corrected chi connectivity index (χ1v) is 4.97. The maximum absolute atomic E-state index is 11.5. The molecule has 0 spiro atoms. The predicted molar refractivity (Wildman–Crippen MR) is 52.8 cm³/mol. The zero-order valence-corrected chi connectivity index (χ0v) is 8.29. The third-order valence-corrected chi connectivity index (χ3v) is 2.47. The van der Waals surface area contributed by atoms with Crippen LogP contribution in [-0.2, 0) is 4.79 Å². The van der Waals surface area contributed by atoms with Crippen LogP contribution in [0.4, 0.5) is 0 Å². The number of Topliss-reactive ketones (excluding diaryl/α,β-unsaturated/α-hetero) is 1. The number of carbonyl (C=O) groups excluding carboxylic acids is 2. The Balaban J connectivity index is 2.49. The summed E-state index contributed by atoms with van der Waals surface area (Å²) in [6, 6.07) is -0.686. The van der Waals surface area contributed by atoms with Crippen molar-refractivity contribution in [2.24, 2.45) is 11.5 Å². The lowest BCUT2D eigenvalue weighted by atomic mass is 10.1. The highest BCUT2D eigenvalue weighted by Crippen LogP contribution is 2.08. The van der Waals surface area contributed by atoms with E-state index in [2.05, 4.69) is 4.98 Å². The minimum absolute atomic E-state index is 0.123. The van der Waals surface area contributed by atoms with Crippen molar-refractivity contribution in [1.82, 2.24) is 4.98 Å². The molecule has 1 atom stereocenters. The maximum atomic E-state index is 11.5. The van der Waals surface area contributed by atoms with Crippen LogP contribution < -0.4 is 11.5 Å². The number of hydrogen-bond acceptors (Lipinski definition) is 5. The molecule has 0 saturated heterocycles. The van der Waals surface area contributed by atoms with Gasteiger partial charge in [0, 0.05) is 18.0 Å². The quantitative estimate of drug-likeness (QED) is 0.668. The molecule has 0 bridgehead atoms. The second-order valence-corrected chi connectivity index (χ2v) is 3.71. The van der Waals surface area contributed by atoms with Crippen LogP contribution in [0.15, 0.2) is 11.6 Å². The summed E-state index contributed by atoms with van der Waals surface area (Å²) in [5, 5.41) is 2.08. The Morgan fingerprint density at radius 1 is 1.57 bits per heavy atom. The number of thiazole rings is 1. The highest BCUT2D eigenvalue weighted by Gasteiger charge is 2.18. The van der Waals surface area contributed by atoms with Gasteiger partial charge in [-0.2, -0.15) is 0 Å². The molecular weight excluding hydrogens is 202 g/mol. The molecule has 1 amide bonds. The summed E-state index contributed by atoms with van der Waals surface area (Å²) in [6.07, 6.45) is 1.94. The van der Waals surface area contributed by atoms with Crippen molar-refractivity contribution >= 4 is 23.0 Å². The fraction of sp³-hybridized carbons (Fsp3) is 0.375. The number of nitrogens with zero attached hydrogens (tertiary/aromatic N) is 1. The van der Waals surface area contributed by atoms with Gasteiger partial charge in [-0.05, 0) is 6.42 Å². The number of amides is 1. The summed E-state index contributed by atoms with van der Waals surface area (Å²) in [7, 11) is 0. The van der Waals surface area contributed by atoms with Crippen LogP contribution in [0, 0.1) is 0 Å². The smallest absolute Gasteiger partial charge is 0.217 e. The lowest BCUT2D eigenvalue weighted by Crippen LogP contribution is -2.31. The molecule has 1 heterocycles. The number of primary amides is 1. The van der Waals surface area contributed by atoms with Crippen LogP contribution in [0.2, 0.25) is 0 Å². The van der Waals surface area contributed by atoms with E-state index in [1.807, 2.05) is 0 Å². The topological polar surface area (TPSA) is 99.1 Å². The Morgan fingerprint density at radius 3 is 2.79 bits per heavy atom. The molecule has 1 aromatic heterocycles. The summed E-state index contributed by atoms with van der Waals surface area (Å²) >= 11 is 1.24. The molecular formula is C8H11N3O2S. The summed E-state index contributed by atoms with van der Waals surface area (Å²) < 4.78 is 0. The van der Waals surface area contributed by atoms with E-state index in [4.69, 9.17) is 11.5 Å². The van der Waals surface area contributed by atoms with E-state index in [1.54, 1.807) is 11.6 Å². The van der Waals surface area contributed by atoms with Crippen LogP contribution in [0.1, 0.15) is 22.6 Å². The van der Waals surface area contributed by atoms with Gasteiger partial charge in [0.25, 0.3) is 0 Å². The van der Waals surface area contributed by atoms with Crippen molar-refractivity contribution in [2.75, 3.05) is 0 Å². The molecule has 4 N–H and O–H groups in total. The zero-order valence-electron chi connectivity index (χ0n) is 7.47. The highest BCUT2D eigenvalue weighted by atomic mass is 32.1. The molecule has 0 aliphatic heterocycles. The summed E-state index contributed by atoms with van der Waals surface area (Å²) in [5.74, 6) is -0.686. The number of nitrogens with two attached hydrogens (primary N) is 2. The lowest BCUT2D eigenvalue weighted by molar-refractivity contribution is -0.118. The highest BCUT2D eigenvalue weighted by molar-refractivity contribution is 7.11. The number of hydrogen-bond donors (Lipinski definition) is 2. The van der Waals surface area contributed by atoms with Gasteiger partial charge >= 0.3 is 0 Å². The standard InChI is InChI=1S/C8H11N3O2S/c9-5(1-2-6(10)12)7(13)8-11-3-4-14-8/h3-5H,1-2,9H2,(H2,10,12)/t5-/m0/s1. The fourth-order valence-electron chi connectivity index (χ4n) is 0.933. The Labute approximate surface area is 85.1 Å². The predicted octanol–water partition coefficient (Wildman–Crippen LogP) is -0.0814. The van der Waals surface area contributed by atoms with Gasteiger partial charge in [0.1, 0.15) is 0 Å². The Hall–Kier alpha value is -1.27. The first-order chi connectivity index (χ1) is 6.61. The van der Waals surface area contributed by atoms with Crippen molar-refractivity contribution < 1.29 is 9.59 Å². The Kier molecular flexibility index (Phi) is 3.73. The number of aromatic nitrogens is 1. The van der Waals surface area contributed by atoms with Crippen LogP contribution >= 0.6 is 11.3 Å². The van der Waals surface area contributed by atoms with Gasteiger partial charge < -0.3 is 11.5 Å². The van der Waals surface area contributed by atoms with Crippen molar-refractivity contribution in [3.8, 4) is 0 Å². The van der Waals surface area contributed by atoms with Crippen LogP contribution in [0.3, 0.4) is 0 Å². The molecule has 0 radical (unpaired) electrons. The van der Waals surface area contributed by atoms with Crippen LogP contribution in [0.5, 0.6) is 0 Å². The maximum Gasteiger partial charge on any atom is 0.217 e. The molecule has 0 aliphatic carbocycles. The number of rotatable bonds is 5. The van der Waals surface area contributed by atoms with Crippen LogP contribution in [-0.4, -0.2) is 22.7 Å². The molecule has 0 saturated carbocycles. The van der Waals surface area contributed by atoms with Crippen molar-refractivity contribution in [3.63, 3.8) is 0 Å². The van der Waals surface area contributed by atoms with E-state index in [9.17, 15) is 9.59 Å². The first kappa shape index (κ1) is 10.8. The van der Waals surface area contributed by atoms with E-state index >= 15 is 0 Å². The second-order valence-electron chi connectivity index (χ2n) is 2.81. The number of ketones is 1. The normalized spacial score (nSPS) is 12.4. The molecule has 0 aromatic carbocycles. The van der Waals surface area contributed by atoms with E-state index in [1.165, 1.54) is 11.3 Å². The second kappa shape index (κ2) is 4.83. The van der Waals surface area contributed by atoms with Crippen molar-refractivity contribution in [2.45, 2.75) is 18.9 Å². The monoisotopic (exact) mass is 213 g/mol. The van der Waals surface area contributed by atoms with Gasteiger partial charge in [0.15, 0.2) is 5.01 Å². The Morgan fingerprint density at radius 2 is 2.29 bits per heavy atom. The van der Waals surface area contributed by atoms with Gasteiger partial charge in [0.05, 0.1) is 6.04 Å². The lowest BCUT2D eigenvalue weighted by Gasteiger charge is -2.06. The minimum Gasteiger partial charge on any atom is -0.370 e. The zero-order chi connectivity index (χ0) is 10.6. The molecule has 5 nitrogen and oxygen atoms in total. The van der Waals surface area contributed by atoms with E-state index < -0.39 is 11.9 Å². The van der Waals surface area contributed by atoms with Crippen molar-refractivity contribution in [1.29, 1.82) is 0 Å². The molecule has 0 aliphatic rings. The van der Waals surface area contributed by atoms with Crippen molar-refractivity contribution in [3.05, 3.63) is 16.6 Å². The third kappa shape index (κ3) is 2.90. The summed E-state index contributed by atoms with van der Waals surface area (Å²) in [6.45, 7) is 0. The van der Waals surface area contributed by atoms with E-state index in [0.717, 1.165) is 0 Å². The van der Waals surface area contributed by atoms with E-state index in [0.29, 0.717) is 5.01 Å². The van der Waals surface area contributed by atoms with Gasteiger partial charge in [-0.3, -0.25) is 9.59 Å². The molecule has 14 heavy (non-hydrogen) atoms. The molecule has 6 heteroatoms. The van der Waals surface area contributed by atoms with Crippen LogP contribution in [0.25, 0.3) is 0 Å². The summed E-state index contributed by atoms with van der Waals surface area (Å²) in [5.41, 5.74) is 10.5. The largest absolute Gasteiger partial charge is 0.370 e. The number of carbonyl (C=O) groups is 2. The Bertz CT molecular complexity index is 323. The molecule has 0 fully saturated rings. The van der Waals surface area contributed by atoms with Gasteiger partial charge in [-0.15, -0.1) is 11.3 Å². The summed E-state index contributed by atoms with van der Waals surface area (Å²) in [4.78, 5) is 25.8. The van der Waals surface area contributed by atoms with Gasteiger partial charge in [-0.1, -0.05) is 0 Å². The average molecular weight is 213 g/mol. The average Bonchev–Trinajstić information content (AvgIpc) is 2.65. The molecule has 1 rings (SSSR count). The van der Waals surface area contributed by atoms with Gasteiger partial charge in [-0.25, -0.2) is 4.98 Å². The molecule has 0 unspecified atom stereocenters. The fourth-order valence-corrected chi connectivity index (χ4v) is 1.57. The molecule has 1 aromatic rings. The third-order valence-electron chi connectivity index (χ3n) is 1.68. The van der Waals surface area contributed by atoms with E-state index in [-0.39, 0.29) is 18.6 Å². The minimum atomic E-state index is -0.686. The first-order valence-electron chi connectivity index (χ1n) is 4.09. The molecule has 76 valence electrons. The van der Waals surface area contributed by atoms with Gasteiger partial charge in [0.2, 0.25) is 11.7 Å².